The number of urea groups is 1. The zero-order valence-corrected chi connectivity index (χ0v) is 14.7. The molecule has 2 aromatic rings. The Labute approximate surface area is 147 Å². The summed E-state index contributed by atoms with van der Waals surface area (Å²) in [7, 11) is 1.83. The Bertz CT molecular complexity index is 757. The Balaban J connectivity index is 1.39. The minimum Gasteiger partial charge on any atom is -0.326 e. The van der Waals surface area contributed by atoms with E-state index in [-0.39, 0.29) is 6.03 Å². The first-order valence-electron chi connectivity index (χ1n) is 8.67. The number of hydrogen-bond acceptors (Lipinski definition) is 5. The molecule has 132 valence electrons. The van der Waals surface area contributed by atoms with Gasteiger partial charge in [0.05, 0.1) is 29.3 Å². The largest absolute Gasteiger partial charge is 0.326 e. The number of carbonyl (C=O) groups excluding carboxylic acids is 1. The Morgan fingerprint density at radius 1 is 1.16 bits per heavy atom. The highest BCUT2D eigenvalue weighted by molar-refractivity contribution is 5.93. The van der Waals surface area contributed by atoms with Gasteiger partial charge in [-0.3, -0.25) is 24.4 Å². The van der Waals surface area contributed by atoms with Gasteiger partial charge in [-0.05, 0) is 13.3 Å². The maximum atomic E-state index is 12.1. The third kappa shape index (κ3) is 3.21. The number of likely N-dealkylation sites (tertiary alicyclic amines) is 1. The Kier molecular flexibility index (Phi) is 4.12. The third-order valence-electron chi connectivity index (χ3n) is 4.96. The maximum absolute atomic E-state index is 12.1. The van der Waals surface area contributed by atoms with Gasteiger partial charge in [0.25, 0.3) is 0 Å². The van der Waals surface area contributed by atoms with Crippen LogP contribution in [0.25, 0.3) is 0 Å². The second kappa shape index (κ2) is 6.44. The molecule has 8 heteroatoms. The highest BCUT2D eigenvalue weighted by Gasteiger charge is 2.29. The van der Waals surface area contributed by atoms with E-state index in [1.807, 2.05) is 37.2 Å². The first kappa shape index (κ1) is 16.0. The molecule has 0 bridgehead atoms. The van der Waals surface area contributed by atoms with E-state index in [0.717, 1.165) is 56.2 Å². The molecule has 0 N–H and O–H groups in total. The minimum absolute atomic E-state index is 0.0468. The van der Waals surface area contributed by atoms with Gasteiger partial charge in [0.2, 0.25) is 0 Å². The van der Waals surface area contributed by atoms with Crippen LogP contribution in [0.3, 0.4) is 0 Å². The van der Waals surface area contributed by atoms with Crippen molar-refractivity contribution in [1.29, 1.82) is 0 Å². The molecule has 0 saturated carbocycles. The summed E-state index contributed by atoms with van der Waals surface area (Å²) in [5.41, 5.74) is 2.82. The fourth-order valence-electron chi connectivity index (χ4n) is 3.46. The van der Waals surface area contributed by atoms with Crippen LogP contribution < -0.4 is 4.90 Å². The summed E-state index contributed by atoms with van der Waals surface area (Å²) < 4.78 is 2.00. The van der Waals surface area contributed by atoms with Crippen molar-refractivity contribution in [2.24, 2.45) is 0 Å². The van der Waals surface area contributed by atoms with Crippen LogP contribution in [0.15, 0.2) is 24.8 Å². The van der Waals surface area contributed by atoms with Crippen molar-refractivity contribution in [2.45, 2.75) is 25.9 Å². The van der Waals surface area contributed by atoms with E-state index in [1.54, 1.807) is 16.0 Å². The van der Waals surface area contributed by atoms with Gasteiger partial charge in [0.1, 0.15) is 0 Å². The van der Waals surface area contributed by atoms with Gasteiger partial charge < -0.3 is 4.90 Å². The molecule has 0 radical (unpaired) electrons. The van der Waals surface area contributed by atoms with Gasteiger partial charge in [-0.1, -0.05) is 0 Å². The van der Waals surface area contributed by atoms with E-state index < -0.39 is 0 Å². The number of aromatic nitrogens is 4. The molecule has 0 aromatic carbocycles. The number of carbonyl (C=O) groups is 1. The normalized spacial score (nSPS) is 21.5. The van der Waals surface area contributed by atoms with Crippen LogP contribution in [0.2, 0.25) is 0 Å². The van der Waals surface area contributed by atoms with E-state index in [2.05, 4.69) is 20.0 Å². The lowest BCUT2D eigenvalue weighted by Gasteiger charge is -2.16. The highest BCUT2D eigenvalue weighted by Crippen LogP contribution is 2.25. The molecule has 4 heterocycles. The lowest BCUT2D eigenvalue weighted by Crippen LogP contribution is -2.28. The number of aryl methyl sites for hydroxylation is 1. The number of nitrogens with zero attached hydrogens (tertiary/aromatic N) is 7. The highest BCUT2D eigenvalue weighted by atomic mass is 16.2. The van der Waals surface area contributed by atoms with Crippen molar-refractivity contribution in [3.05, 3.63) is 36.2 Å². The molecule has 0 spiro atoms. The van der Waals surface area contributed by atoms with E-state index in [4.69, 9.17) is 0 Å². The van der Waals surface area contributed by atoms with Crippen LogP contribution in [0.1, 0.15) is 23.9 Å². The van der Waals surface area contributed by atoms with Crippen LogP contribution in [-0.4, -0.2) is 68.8 Å². The average Bonchev–Trinajstić information content (AvgIpc) is 3.32. The Morgan fingerprint density at radius 2 is 2.04 bits per heavy atom. The second-order valence-corrected chi connectivity index (χ2v) is 6.86. The minimum atomic E-state index is 0.0468. The fourth-order valence-corrected chi connectivity index (χ4v) is 3.46. The number of amides is 2. The first-order valence-corrected chi connectivity index (χ1v) is 8.67. The van der Waals surface area contributed by atoms with E-state index in [0.29, 0.717) is 6.04 Å². The van der Waals surface area contributed by atoms with Crippen LogP contribution in [0, 0.1) is 6.92 Å². The summed E-state index contributed by atoms with van der Waals surface area (Å²) in [5, 5.41) is 4.50. The molecule has 1 atom stereocenters. The molecule has 2 amide bonds. The van der Waals surface area contributed by atoms with Crippen LogP contribution >= 0.6 is 0 Å². The monoisotopic (exact) mass is 341 g/mol. The van der Waals surface area contributed by atoms with Crippen molar-refractivity contribution < 1.29 is 4.79 Å². The van der Waals surface area contributed by atoms with Crippen molar-refractivity contribution in [3.8, 4) is 0 Å². The number of anilines is 1. The topological polar surface area (TPSA) is 70.4 Å². The van der Waals surface area contributed by atoms with Crippen LogP contribution in [0.5, 0.6) is 0 Å². The molecule has 1 unspecified atom stereocenters. The zero-order chi connectivity index (χ0) is 17.4. The second-order valence-electron chi connectivity index (χ2n) is 6.86. The molecule has 2 aliphatic heterocycles. The molecule has 2 saturated heterocycles. The molecule has 2 fully saturated rings. The van der Waals surface area contributed by atoms with Gasteiger partial charge >= 0.3 is 6.03 Å². The first-order chi connectivity index (χ1) is 12.1. The van der Waals surface area contributed by atoms with Gasteiger partial charge in [-0.2, -0.15) is 5.10 Å². The van der Waals surface area contributed by atoms with Crippen molar-refractivity contribution in [2.75, 3.05) is 38.1 Å². The molecule has 8 nitrogen and oxygen atoms in total. The molecular weight excluding hydrogens is 318 g/mol. The summed E-state index contributed by atoms with van der Waals surface area (Å²) in [5.74, 6) is 0. The number of likely N-dealkylation sites (N-methyl/N-ethyl adjacent to an activating group) is 1. The van der Waals surface area contributed by atoms with E-state index >= 15 is 0 Å². The van der Waals surface area contributed by atoms with Crippen LogP contribution in [-0.2, 0) is 6.54 Å². The predicted molar refractivity (Wildman–Crippen MR) is 93.3 cm³/mol. The van der Waals surface area contributed by atoms with Gasteiger partial charge in [-0.15, -0.1) is 0 Å². The number of hydrogen-bond donors (Lipinski definition) is 0. The average molecular weight is 341 g/mol. The fraction of sp³-hybridized carbons (Fsp3) is 0.529. The molecule has 2 aliphatic rings. The van der Waals surface area contributed by atoms with E-state index in [9.17, 15) is 4.79 Å². The van der Waals surface area contributed by atoms with Crippen molar-refractivity contribution >= 4 is 11.7 Å². The van der Waals surface area contributed by atoms with Crippen molar-refractivity contribution in [1.82, 2.24) is 29.5 Å². The summed E-state index contributed by atoms with van der Waals surface area (Å²) in [6.45, 7) is 6.20. The molecule has 25 heavy (non-hydrogen) atoms. The Morgan fingerprint density at radius 3 is 2.76 bits per heavy atom. The summed E-state index contributed by atoms with van der Waals surface area (Å²) in [6.07, 6.45) is 8.51. The maximum Gasteiger partial charge on any atom is 0.324 e. The SMILES string of the molecule is Cc1cnc(CN2CCC(n3cc(N4CCN(C)C4=O)cn3)C2)cn1. The summed E-state index contributed by atoms with van der Waals surface area (Å²) in [6, 6.07) is 0.383. The van der Waals surface area contributed by atoms with Crippen LogP contribution in [0.4, 0.5) is 10.5 Å². The van der Waals surface area contributed by atoms with Gasteiger partial charge in [0, 0.05) is 58.4 Å². The smallest absolute Gasteiger partial charge is 0.324 e. The summed E-state index contributed by atoms with van der Waals surface area (Å²) in [4.78, 5) is 26.8. The molecule has 2 aromatic heterocycles. The summed E-state index contributed by atoms with van der Waals surface area (Å²) >= 11 is 0. The van der Waals surface area contributed by atoms with Crippen molar-refractivity contribution in [3.63, 3.8) is 0 Å². The lowest BCUT2D eigenvalue weighted by atomic mass is 10.3. The standard InChI is InChI=1S/C17H23N7O/c1-13-7-19-14(8-18-13)10-22-4-3-15(11-22)24-12-16(9-20-24)23-6-5-21(2)17(23)25/h7-9,12,15H,3-6,10-11H2,1-2H3. The van der Waals surface area contributed by atoms with Gasteiger partial charge in [0.15, 0.2) is 0 Å². The Hall–Kier alpha value is -2.48. The zero-order valence-electron chi connectivity index (χ0n) is 14.7. The quantitative estimate of drug-likeness (QED) is 0.838. The predicted octanol–water partition coefficient (Wildman–Crippen LogP) is 1.30. The third-order valence-corrected chi connectivity index (χ3v) is 4.96. The molecule has 0 aliphatic carbocycles. The molecule has 4 rings (SSSR count). The van der Waals surface area contributed by atoms with Gasteiger partial charge in [-0.25, -0.2) is 4.79 Å². The molecular formula is C17H23N7O. The number of rotatable bonds is 4. The van der Waals surface area contributed by atoms with E-state index in [1.165, 1.54) is 0 Å². The lowest BCUT2D eigenvalue weighted by molar-refractivity contribution is 0.229.